The first-order valence-corrected chi connectivity index (χ1v) is 9.52. The predicted molar refractivity (Wildman–Crippen MR) is 111 cm³/mol. The lowest BCUT2D eigenvalue weighted by molar-refractivity contribution is -0.124. The Morgan fingerprint density at radius 3 is 2.63 bits per heavy atom. The topological polar surface area (TPSA) is 95.3 Å². The molecule has 3 aromatic rings. The lowest BCUT2D eigenvalue weighted by atomic mass is 10.2. The third kappa shape index (κ3) is 4.96. The predicted octanol–water partition coefficient (Wildman–Crippen LogP) is 3.02. The lowest BCUT2D eigenvalue weighted by Gasteiger charge is -2.10. The minimum atomic E-state index is -0.796. The van der Waals surface area contributed by atoms with Crippen LogP contribution in [-0.4, -0.2) is 40.4 Å². The molecule has 2 aromatic heterocycles. The molecule has 0 spiro atoms. The summed E-state index contributed by atoms with van der Waals surface area (Å²) in [5.74, 6) is -0.166. The van der Waals surface area contributed by atoms with Gasteiger partial charge in [-0.3, -0.25) is 4.79 Å². The second-order valence-electron chi connectivity index (χ2n) is 6.50. The van der Waals surface area contributed by atoms with Gasteiger partial charge in [0.15, 0.2) is 18.1 Å². The summed E-state index contributed by atoms with van der Waals surface area (Å²) in [7, 11) is 1.55. The molecule has 2 heterocycles. The van der Waals surface area contributed by atoms with Crippen molar-refractivity contribution in [2.75, 3.05) is 13.7 Å². The average Bonchev–Trinajstić information content (AvgIpc) is 3.08. The second kappa shape index (κ2) is 9.41. The van der Waals surface area contributed by atoms with E-state index in [-0.39, 0.29) is 17.3 Å². The zero-order valence-corrected chi connectivity index (χ0v) is 17.6. The maximum Gasteiger partial charge on any atom is 0.359 e. The van der Waals surface area contributed by atoms with Gasteiger partial charge in [0.25, 0.3) is 5.91 Å². The largest absolute Gasteiger partial charge is 0.496 e. The van der Waals surface area contributed by atoms with Crippen LogP contribution >= 0.6 is 11.6 Å². The normalized spacial score (nSPS) is 10.5. The number of halogens is 1. The number of nitrogens with zero attached hydrogens (tertiary/aromatic N) is 3. The van der Waals surface area contributed by atoms with Crippen molar-refractivity contribution in [1.29, 1.82) is 0 Å². The van der Waals surface area contributed by atoms with Gasteiger partial charge in [-0.15, -0.1) is 0 Å². The van der Waals surface area contributed by atoms with Gasteiger partial charge < -0.3 is 14.8 Å². The molecule has 0 radical (unpaired) electrons. The van der Waals surface area contributed by atoms with Crippen molar-refractivity contribution >= 4 is 23.5 Å². The third-order valence-corrected chi connectivity index (χ3v) is 4.56. The second-order valence-corrected chi connectivity index (χ2v) is 6.91. The first-order valence-electron chi connectivity index (χ1n) is 9.15. The Bertz CT molecular complexity index is 1080. The van der Waals surface area contributed by atoms with Gasteiger partial charge >= 0.3 is 5.97 Å². The van der Waals surface area contributed by atoms with Crippen LogP contribution in [0.2, 0.25) is 5.02 Å². The van der Waals surface area contributed by atoms with Gasteiger partial charge in [-0.2, -0.15) is 5.10 Å². The Morgan fingerprint density at radius 1 is 1.17 bits per heavy atom. The van der Waals surface area contributed by atoms with Gasteiger partial charge in [0, 0.05) is 17.8 Å². The molecule has 8 nitrogen and oxygen atoms in total. The van der Waals surface area contributed by atoms with E-state index in [0.29, 0.717) is 11.6 Å². The monoisotopic (exact) mass is 428 g/mol. The summed E-state index contributed by atoms with van der Waals surface area (Å²) in [6.07, 6.45) is 0. The Hall–Kier alpha value is -3.39. The molecule has 1 aromatic carbocycles. The summed E-state index contributed by atoms with van der Waals surface area (Å²) in [5, 5.41) is 7.14. The number of pyridine rings is 1. The van der Waals surface area contributed by atoms with E-state index >= 15 is 0 Å². The molecule has 0 aliphatic carbocycles. The third-order valence-electron chi connectivity index (χ3n) is 4.25. The molecule has 0 unspecified atom stereocenters. The van der Waals surface area contributed by atoms with E-state index in [1.54, 1.807) is 30.0 Å². The highest BCUT2D eigenvalue weighted by molar-refractivity contribution is 6.33. The van der Waals surface area contributed by atoms with E-state index in [1.807, 2.05) is 38.1 Å². The number of carbonyl (C=O) groups excluding carboxylic acids is 2. The average molecular weight is 429 g/mol. The Kier molecular flexibility index (Phi) is 6.68. The van der Waals surface area contributed by atoms with Crippen LogP contribution in [0.1, 0.15) is 27.4 Å². The van der Waals surface area contributed by atoms with Crippen molar-refractivity contribution in [2.24, 2.45) is 0 Å². The maximum absolute atomic E-state index is 12.4. The van der Waals surface area contributed by atoms with Crippen molar-refractivity contribution in [3.63, 3.8) is 0 Å². The molecule has 3 rings (SSSR count). The summed E-state index contributed by atoms with van der Waals surface area (Å²) in [6, 6.07) is 12.4. The van der Waals surface area contributed by atoms with Gasteiger partial charge in [0.2, 0.25) is 0 Å². The first-order chi connectivity index (χ1) is 14.4. The van der Waals surface area contributed by atoms with Crippen LogP contribution in [0, 0.1) is 13.8 Å². The molecule has 0 aliphatic rings. The summed E-state index contributed by atoms with van der Waals surface area (Å²) >= 11 is 6.11. The van der Waals surface area contributed by atoms with Crippen LogP contribution in [-0.2, 0) is 16.1 Å². The molecule has 30 heavy (non-hydrogen) atoms. The number of para-hydroxylation sites is 1. The maximum atomic E-state index is 12.4. The molecule has 9 heteroatoms. The van der Waals surface area contributed by atoms with Gasteiger partial charge in [0.05, 0.1) is 17.8 Å². The van der Waals surface area contributed by atoms with Crippen LogP contribution in [0.5, 0.6) is 5.75 Å². The molecule has 1 N–H and O–H groups in total. The zero-order chi connectivity index (χ0) is 21.7. The Morgan fingerprint density at radius 2 is 1.93 bits per heavy atom. The number of hydrogen-bond donors (Lipinski definition) is 1. The lowest BCUT2D eigenvalue weighted by Crippen LogP contribution is -2.28. The van der Waals surface area contributed by atoms with Crippen LogP contribution in [0.25, 0.3) is 5.82 Å². The van der Waals surface area contributed by atoms with E-state index in [1.165, 1.54) is 0 Å². The van der Waals surface area contributed by atoms with Crippen LogP contribution < -0.4 is 10.1 Å². The molecule has 0 aliphatic heterocycles. The van der Waals surface area contributed by atoms with Gasteiger partial charge in [0.1, 0.15) is 5.75 Å². The number of amides is 1. The number of benzene rings is 1. The fourth-order valence-corrected chi connectivity index (χ4v) is 3.03. The highest BCUT2D eigenvalue weighted by atomic mass is 35.5. The van der Waals surface area contributed by atoms with Crippen LogP contribution in [0.3, 0.4) is 0 Å². The highest BCUT2D eigenvalue weighted by Gasteiger charge is 2.18. The molecule has 0 fully saturated rings. The number of aromatic nitrogens is 3. The van der Waals surface area contributed by atoms with Crippen molar-refractivity contribution in [2.45, 2.75) is 20.4 Å². The highest BCUT2D eigenvalue weighted by Crippen LogP contribution is 2.19. The van der Waals surface area contributed by atoms with Gasteiger partial charge in [-0.1, -0.05) is 29.8 Å². The van der Waals surface area contributed by atoms with E-state index in [4.69, 9.17) is 21.1 Å². The number of methoxy groups -OCH3 is 1. The van der Waals surface area contributed by atoms with E-state index < -0.39 is 18.5 Å². The molecule has 1 amide bonds. The molecule has 0 bridgehead atoms. The molecule has 0 atom stereocenters. The number of aryl methyl sites for hydroxylation is 2. The Labute approximate surface area is 178 Å². The summed E-state index contributed by atoms with van der Waals surface area (Å²) < 4.78 is 11.9. The number of carbonyl (C=O) groups is 2. The van der Waals surface area contributed by atoms with Crippen molar-refractivity contribution in [1.82, 2.24) is 20.1 Å². The summed E-state index contributed by atoms with van der Waals surface area (Å²) in [5.41, 5.74) is 2.40. The molecule has 0 saturated carbocycles. The van der Waals surface area contributed by atoms with E-state index in [2.05, 4.69) is 15.4 Å². The number of ether oxygens (including phenoxy) is 2. The Balaban J connectivity index is 1.62. The first kappa shape index (κ1) is 21.3. The van der Waals surface area contributed by atoms with Crippen molar-refractivity contribution in [3.8, 4) is 11.6 Å². The summed E-state index contributed by atoms with van der Waals surface area (Å²) in [6.45, 7) is 3.52. The summed E-state index contributed by atoms with van der Waals surface area (Å²) in [4.78, 5) is 28.8. The standard InChI is InChI=1S/C21H21ClN4O4/c1-13-10-14(2)26(25-13)18-9-8-16(22)20(24-18)21(28)30-12-19(27)23-11-15-6-4-5-7-17(15)29-3/h4-10H,11-12H2,1-3H3,(H,23,27). The van der Waals surface area contributed by atoms with Crippen molar-refractivity contribution in [3.05, 3.63) is 70.1 Å². The minimum absolute atomic E-state index is 0.0840. The number of hydrogen-bond acceptors (Lipinski definition) is 6. The van der Waals surface area contributed by atoms with E-state index in [9.17, 15) is 9.59 Å². The van der Waals surface area contributed by atoms with Gasteiger partial charge in [-0.25, -0.2) is 14.5 Å². The fraction of sp³-hybridized carbons (Fsp3) is 0.238. The number of esters is 1. The van der Waals surface area contributed by atoms with Crippen molar-refractivity contribution < 1.29 is 19.1 Å². The molecular weight excluding hydrogens is 408 g/mol. The fourth-order valence-electron chi connectivity index (χ4n) is 2.85. The molecule has 0 saturated heterocycles. The SMILES string of the molecule is COc1ccccc1CNC(=O)COC(=O)c1nc(-n2nc(C)cc2C)ccc1Cl. The number of rotatable bonds is 7. The zero-order valence-electron chi connectivity index (χ0n) is 16.8. The minimum Gasteiger partial charge on any atom is -0.496 e. The van der Waals surface area contributed by atoms with Crippen LogP contribution in [0.15, 0.2) is 42.5 Å². The quantitative estimate of drug-likeness (QED) is 0.581. The number of nitrogens with one attached hydrogen (secondary N) is 1. The smallest absolute Gasteiger partial charge is 0.359 e. The van der Waals surface area contributed by atoms with E-state index in [0.717, 1.165) is 17.0 Å². The molecule has 156 valence electrons. The van der Waals surface area contributed by atoms with Crippen LogP contribution in [0.4, 0.5) is 0 Å². The van der Waals surface area contributed by atoms with Gasteiger partial charge in [-0.05, 0) is 38.1 Å². The molecular formula is C21H21ClN4O4.